The van der Waals surface area contributed by atoms with Crippen LogP contribution < -0.4 is 0 Å². The number of aromatic nitrogens is 1. The highest BCUT2D eigenvalue weighted by atomic mass is 35.5. The number of H-pyrrole nitrogens is 1. The maximum Gasteiger partial charge on any atom is 0.102 e. The molecule has 0 unspecified atom stereocenters. The van der Waals surface area contributed by atoms with Gasteiger partial charge in [-0.2, -0.15) is 5.26 Å². The predicted molar refractivity (Wildman–Crippen MR) is 52.8 cm³/mol. The zero-order chi connectivity index (χ0) is 9.42. The summed E-state index contributed by atoms with van der Waals surface area (Å²) in [5.74, 6) is 0. The van der Waals surface area contributed by atoms with Crippen molar-refractivity contribution in [2.24, 2.45) is 0 Å². The highest BCUT2D eigenvalue weighted by Gasteiger charge is 2.06. The molecule has 1 N–H and O–H groups in total. The van der Waals surface area contributed by atoms with Crippen molar-refractivity contribution in [3.05, 3.63) is 34.5 Å². The molecule has 64 valence electrons. The lowest BCUT2D eigenvalue weighted by Crippen LogP contribution is -1.73. The number of fused-ring (bicyclic) bond motifs is 1. The standard InChI is InChI=1S/C10H7ClN2/c1-6-9(5-12)8-3-2-7(11)4-10(8)13-6/h2-4,13H,1H3. The number of hydrogen-bond acceptors (Lipinski definition) is 1. The number of halogens is 1. The van der Waals surface area contributed by atoms with E-state index < -0.39 is 0 Å². The molecule has 1 heterocycles. The van der Waals surface area contributed by atoms with E-state index in [0.717, 1.165) is 16.6 Å². The molecule has 1 aromatic carbocycles. The first-order chi connectivity index (χ1) is 6.22. The summed E-state index contributed by atoms with van der Waals surface area (Å²) in [6.45, 7) is 1.88. The van der Waals surface area contributed by atoms with Crippen LogP contribution in [-0.2, 0) is 0 Å². The van der Waals surface area contributed by atoms with Gasteiger partial charge in [-0.3, -0.25) is 0 Å². The number of rotatable bonds is 0. The van der Waals surface area contributed by atoms with Gasteiger partial charge in [0.1, 0.15) is 6.07 Å². The Morgan fingerprint density at radius 1 is 1.46 bits per heavy atom. The van der Waals surface area contributed by atoms with Crippen LogP contribution in [0.3, 0.4) is 0 Å². The molecule has 2 rings (SSSR count). The van der Waals surface area contributed by atoms with Crippen molar-refractivity contribution in [1.82, 2.24) is 4.98 Å². The van der Waals surface area contributed by atoms with Crippen LogP contribution in [-0.4, -0.2) is 4.98 Å². The molecular formula is C10H7ClN2. The Labute approximate surface area is 80.7 Å². The van der Waals surface area contributed by atoms with Crippen LogP contribution >= 0.6 is 11.6 Å². The van der Waals surface area contributed by atoms with Crippen LogP contribution in [0, 0.1) is 18.3 Å². The summed E-state index contributed by atoms with van der Waals surface area (Å²) in [7, 11) is 0. The number of nitrogens with zero attached hydrogens (tertiary/aromatic N) is 1. The van der Waals surface area contributed by atoms with Crippen LogP contribution in [0.4, 0.5) is 0 Å². The van der Waals surface area contributed by atoms with E-state index in [-0.39, 0.29) is 0 Å². The van der Waals surface area contributed by atoms with Gasteiger partial charge in [0.15, 0.2) is 0 Å². The highest BCUT2D eigenvalue weighted by Crippen LogP contribution is 2.23. The van der Waals surface area contributed by atoms with E-state index >= 15 is 0 Å². The first-order valence-electron chi connectivity index (χ1n) is 3.90. The molecule has 0 saturated carbocycles. The maximum atomic E-state index is 8.87. The van der Waals surface area contributed by atoms with Gasteiger partial charge in [-0.1, -0.05) is 17.7 Å². The Morgan fingerprint density at radius 2 is 2.23 bits per heavy atom. The van der Waals surface area contributed by atoms with E-state index in [0.29, 0.717) is 10.6 Å². The SMILES string of the molecule is Cc1[nH]c2cc(Cl)ccc2c1C#N. The molecule has 0 radical (unpaired) electrons. The van der Waals surface area contributed by atoms with Crippen molar-refractivity contribution in [3.8, 4) is 6.07 Å². The number of nitrogens with one attached hydrogen (secondary N) is 1. The number of benzene rings is 1. The summed E-state index contributed by atoms with van der Waals surface area (Å²) in [6.07, 6.45) is 0. The van der Waals surface area contributed by atoms with Crippen molar-refractivity contribution in [2.75, 3.05) is 0 Å². The maximum absolute atomic E-state index is 8.87. The average molecular weight is 191 g/mol. The smallest absolute Gasteiger partial charge is 0.102 e. The molecule has 0 fully saturated rings. The van der Waals surface area contributed by atoms with Crippen LogP contribution in [0.2, 0.25) is 5.02 Å². The topological polar surface area (TPSA) is 39.6 Å². The Morgan fingerprint density at radius 3 is 2.92 bits per heavy atom. The predicted octanol–water partition coefficient (Wildman–Crippen LogP) is 3.00. The molecule has 2 aromatic rings. The first-order valence-corrected chi connectivity index (χ1v) is 4.28. The Balaban J connectivity index is 2.88. The lowest BCUT2D eigenvalue weighted by Gasteiger charge is -1.90. The van der Waals surface area contributed by atoms with E-state index in [2.05, 4.69) is 11.1 Å². The Hall–Kier alpha value is -1.46. The molecule has 0 aliphatic heterocycles. The third kappa shape index (κ3) is 1.18. The Kier molecular flexibility index (Phi) is 1.75. The number of hydrogen-bond donors (Lipinski definition) is 1. The first kappa shape index (κ1) is 8.15. The third-order valence-electron chi connectivity index (χ3n) is 2.06. The summed E-state index contributed by atoms with van der Waals surface area (Å²) in [6, 6.07) is 7.64. The zero-order valence-electron chi connectivity index (χ0n) is 7.06. The lowest BCUT2D eigenvalue weighted by molar-refractivity contribution is 1.28. The second-order valence-electron chi connectivity index (χ2n) is 2.93. The van der Waals surface area contributed by atoms with Crippen LogP contribution in [0.15, 0.2) is 18.2 Å². The summed E-state index contributed by atoms with van der Waals surface area (Å²) in [4.78, 5) is 3.11. The van der Waals surface area contributed by atoms with Gasteiger partial charge in [0, 0.05) is 21.6 Å². The van der Waals surface area contributed by atoms with Gasteiger partial charge in [-0.05, 0) is 19.1 Å². The van der Waals surface area contributed by atoms with E-state index in [1.807, 2.05) is 19.1 Å². The molecule has 2 nitrogen and oxygen atoms in total. The average Bonchev–Trinajstić information content (AvgIpc) is 2.39. The van der Waals surface area contributed by atoms with Crippen molar-refractivity contribution in [3.63, 3.8) is 0 Å². The summed E-state index contributed by atoms with van der Waals surface area (Å²) in [5.41, 5.74) is 2.51. The fraction of sp³-hybridized carbons (Fsp3) is 0.100. The highest BCUT2D eigenvalue weighted by molar-refractivity contribution is 6.31. The third-order valence-corrected chi connectivity index (χ3v) is 2.30. The molecule has 0 spiro atoms. The molecule has 0 atom stereocenters. The number of nitriles is 1. The minimum absolute atomic E-state index is 0.679. The van der Waals surface area contributed by atoms with E-state index in [1.54, 1.807) is 6.07 Å². The number of aromatic amines is 1. The fourth-order valence-corrected chi connectivity index (χ4v) is 1.62. The molecule has 0 amide bonds. The molecule has 0 bridgehead atoms. The van der Waals surface area contributed by atoms with Crippen molar-refractivity contribution >= 4 is 22.5 Å². The van der Waals surface area contributed by atoms with Crippen LogP contribution in [0.1, 0.15) is 11.3 Å². The minimum Gasteiger partial charge on any atom is -0.357 e. The molecule has 13 heavy (non-hydrogen) atoms. The summed E-state index contributed by atoms with van der Waals surface area (Å²) in [5, 5.41) is 10.5. The van der Waals surface area contributed by atoms with Gasteiger partial charge in [-0.25, -0.2) is 0 Å². The molecular weight excluding hydrogens is 184 g/mol. The zero-order valence-corrected chi connectivity index (χ0v) is 7.81. The second kappa shape index (κ2) is 2.79. The molecule has 1 aromatic heterocycles. The lowest BCUT2D eigenvalue weighted by atomic mass is 10.1. The van der Waals surface area contributed by atoms with Gasteiger partial charge >= 0.3 is 0 Å². The van der Waals surface area contributed by atoms with Crippen molar-refractivity contribution in [2.45, 2.75) is 6.92 Å². The number of aryl methyl sites for hydroxylation is 1. The van der Waals surface area contributed by atoms with Crippen molar-refractivity contribution < 1.29 is 0 Å². The van der Waals surface area contributed by atoms with Gasteiger partial charge in [0.25, 0.3) is 0 Å². The fourth-order valence-electron chi connectivity index (χ4n) is 1.45. The van der Waals surface area contributed by atoms with Gasteiger partial charge in [-0.15, -0.1) is 0 Å². The van der Waals surface area contributed by atoms with Gasteiger partial charge in [0.2, 0.25) is 0 Å². The molecule has 0 aliphatic carbocycles. The minimum atomic E-state index is 0.679. The summed E-state index contributed by atoms with van der Waals surface area (Å²) >= 11 is 5.82. The van der Waals surface area contributed by atoms with E-state index in [9.17, 15) is 0 Å². The monoisotopic (exact) mass is 190 g/mol. The van der Waals surface area contributed by atoms with Crippen molar-refractivity contribution in [1.29, 1.82) is 5.26 Å². The molecule has 3 heteroatoms. The second-order valence-corrected chi connectivity index (χ2v) is 3.36. The summed E-state index contributed by atoms with van der Waals surface area (Å²) < 4.78 is 0. The largest absolute Gasteiger partial charge is 0.357 e. The van der Waals surface area contributed by atoms with Crippen LogP contribution in [0.25, 0.3) is 10.9 Å². The van der Waals surface area contributed by atoms with Crippen LogP contribution in [0.5, 0.6) is 0 Å². The Bertz CT molecular complexity index is 505. The molecule has 0 aliphatic rings. The normalized spacial score (nSPS) is 10.2. The van der Waals surface area contributed by atoms with Gasteiger partial charge < -0.3 is 4.98 Å². The van der Waals surface area contributed by atoms with Gasteiger partial charge in [0.05, 0.1) is 5.56 Å². The van der Waals surface area contributed by atoms with E-state index in [1.165, 1.54) is 0 Å². The quantitative estimate of drug-likeness (QED) is 0.682. The van der Waals surface area contributed by atoms with E-state index in [4.69, 9.17) is 16.9 Å². The molecule has 0 saturated heterocycles.